The van der Waals surface area contributed by atoms with Crippen LogP contribution in [0.5, 0.6) is 11.5 Å². The molecule has 1 aliphatic heterocycles. The van der Waals surface area contributed by atoms with Gasteiger partial charge in [0.1, 0.15) is 11.5 Å². The van der Waals surface area contributed by atoms with Crippen LogP contribution in [0.25, 0.3) is 21.5 Å². The van der Waals surface area contributed by atoms with E-state index in [9.17, 15) is 25.8 Å². The van der Waals surface area contributed by atoms with Crippen molar-refractivity contribution in [3.63, 3.8) is 0 Å². The van der Waals surface area contributed by atoms with Crippen LogP contribution in [0.15, 0.2) is 133 Å². The Morgan fingerprint density at radius 2 is 1.19 bits per heavy atom. The molecule has 6 aromatic carbocycles. The first-order valence-electron chi connectivity index (χ1n) is 20.2. The molecule has 6 heteroatoms. The summed E-state index contributed by atoms with van der Waals surface area (Å²) in [6.07, 6.45) is 2.04. The van der Waals surface area contributed by atoms with Crippen LogP contribution in [0, 0.1) is 46.3 Å². The second-order valence-corrected chi connectivity index (χ2v) is 15.8. The Kier molecular flexibility index (Phi) is 13.7. The molecule has 6 nitrogen and oxygen atoms in total. The highest BCUT2D eigenvalue weighted by Gasteiger charge is 2.40. The van der Waals surface area contributed by atoms with Crippen LogP contribution in [0.2, 0.25) is 0 Å². The molecule has 3 N–H and O–H groups in total. The molecule has 1 heterocycles. The SMILES string of the molecule is CC(C#N)C(CO)C(c1ccccc1)C(C)c1cccc2cc(O)ccc12.CC(C#N)C1CCCOC1C(c1ccccc1)C(C)c1cccc2cc(O)ccc12. The molecule has 7 rings (SSSR count). The number of nitriles is 2. The van der Waals surface area contributed by atoms with Crippen molar-refractivity contribution in [2.75, 3.05) is 13.2 Å². The smallest absolute Gasteiger partial charge is 0.116 e. The lowest BCUT2D eigenvalue weighted by Gasteiger charge is -2.41. The van der Waals surface area contributed by atoms with Crippen molar-refractivity contribution in [3.05, 3.63) is 156 Å². The molecule has 0 aliphatic carbocycles. The zero-order valence-electron chi connectivity index (χ0n) is 33.4. The topological polar surface area (TPSA) is 118 Å². The normalized spacial score (nSPS) is 19.1. The molecule has 9 atom stereocenters. The fourth-order valence-electron chi connectivity index (χ4n) is 9.30. The molecular weight excluding hydrogens is 705 g/mol. The summed E-state index contributed by atoms with van der Waals surface area (Å²) in [6.45, 7) is 9.05. The van der Waals surface area contributed by atoms with Crippen LogP contribution in [-0.4, -0.2) is 34.6 Å². The first kappa shape index (κ1) is 41.0. The van der Waals surface area contributed by atoms with Gasteiger partial charge in [-0.15, -0.1) is 0 Å². The van der Waals surface area contributed by atoms with Crippen molar-refractivity contribution in [3.8, 4) is 23.6 Å². The number of ether oxygens (including phenoxy) is 1. The fourth-order valence-corrected chi connectivity index (χ4v) is 9.30. The third kappa shape index (κ3) is 9.16. The summed E-state index contributed by atoms with van der Waals surface area (Å²) >= 11 is 0. The van der Waals surface area contributed by atoms with Crippen molar-refractivity contribution in [1.82, 2.24) is 0 Å². The number of rotatable bonds is 11. The maximum absolute atomic E-state index is 10.1. The van der Waals surface area contributed by atoms with Gasteiger partial charge in [0, 0.05) is 42.8 Å². The van der Waals surface area contributed by atoms with Crippen molar-refractivity contribution in [2.45, 2.75) is 70.3 Å². The highest BCUT2D eigenvalue weighted by atomic mass is 16.5. The lowest BCUT2D eigenvalue weighted by atomic mass is 9.70. The van der Waals surface area contributed by atoms with E-state index < -0.39 is 0 Å². The number of phenolic OH excluding ortho intramolecular Hbond substituents is 2. The molecule has 0 spiro atoms. The predicted octanol–water partition coefficient (Wildman–Crippen LogP) is 11.6. The number of phenols is 2. The molecule has 0 radical (unpaired) electrons. The van der Waals surface area contributed by atoms with E-state index in [-0.39, 0.29) is 71.6 Å². The molecule has 0 aromatic heterocycles. The monoisotopic (exact) mass is 758 g/mol. The van der Waals surface area contributed by atoms with Gasteiger partial charge in [0.15, 0.2) is 0 Å². The van der Waals surface area contributed by atoms with Gasteiger partial charge in [0.05, 0.1) is 18.2 Å². The molecule has 0 amide bonds. The Morgan fingerprint density at radius 1 is 0.649 bits per heavy atom. The summed E-state index contributed by atoms with van der Waals surface area (Å²) in [7, 11) is 0. The van der Waals surface area contributed by atoms with Crippen molar-refractivity contribution in [1.29, 1.82) is 10.5 Å². The van der Waals surface area contributed by atoms with E-state index in [1.165, 1.54) is 11.1 Å². The Labute approximate surface area is 337 Å². The molecule has 0 bridgehead atoms. The van der Waals surface area contributed by atoms with E-state index in [2.05, 4.69) is 80.6 Å². The largest absolute Gasteiger partial charge is 0.508 e. The third-order valence-corrected chi connectivity index (χ3v) is 12.4. The lowest BCUT2D eigenvalue weighted by molar-refractivity contribution is -0.0560. The number of aliphatic hydroxyl groups excluding tert-OH is 1. The Balaban J connectivity index is 0.000000194. The first-order chi connectivity index (χ1) is 27.7. The van der Waals surface area contributed by atoms with Gasteiger partial charge in [-0.05, 0) is 113 Å². The van der Waals surface area contributed by atoms with Gasteiger partial charge in [-0.2, -0.15) is 10.5 Å². The summed E-state index contributed by atoms with van der Waals surface area (Å²) in [4.78, 5) is 0. The van der Waals surface area contributed by atoms with Crippen LogP contribution < -0.4 is 0 Å². The van der Waals surface area contributed by atoms with Gasteiger partial charge < -0.3 is 20.1 Å². The number of nitrogens with zero attached hydrogens (tertiary/aromatic N) is 2. The van der Waals surface area contributed by atoms with Gasteiger partial charge in [0.2, 0.25) is 0 Å². The molecule has 1 fully saturated rings. The van der Waals surface area contributed by atoms with Gasteiger partial charge in [-0.1, -0.05) is 123 Å². The quantitative estimate of drug-likeness (QED) is 0.121. The number of fused-ring (bicyclic) bond motifs is 2. The first-order valence-corrected chi connectivity index (χ1v) is 20.2. The Morgan fingerprint density at radius 3 is 1.72 bits per heavy atom. The van der Waals surface area contributed by atoms with Gasteiger partial charge >= 0.3 is 0 Å². The number of aromatic hydroxyl groups is 2. The van der Waals surface area contributed by atoms with E-state index in [4.69, 9.17) is 4.74 Å². The summed E-state index contributed by atoms with van der Waals surface area (Å²) in [5, 5.41) is 53.3. The fraction of sp³-hybridized carbons (Fsp3) is 0.333. The van der Waals surface area contributed by atoms with Crippen LogP contribution in [0.3, 0.4) is 0 Å². The van der Waals surface area contributed by atoms with Crippen LogP contribution in [0.4, 0.5) is 0 Å². The summed E-state index contributed by atoms with van der Waals surface area (Å²) in [5.41, 5.74) is 4.79. The van der Waals surface area contributed by atoms with E-state index in [1.807, 2.05) is 74.5 Å². The zero-order valence-corrected chi connectivity index (χ0v) is 33.4. The summed E-state index contributed by atoms with van der Waals surface area (Å²) in [6, 6.07) is 48.9. The Hall–Kier alpha value is -5.66. The number of benzene rings is 6. The molecule has 9 unspecified atom stereocenters. The number of aliphatic hydroxyl groups is 1. The van der Waals surface area contributed by atoms with Gasteiger partial charge in [-0.3, -0.25) is 0 Å². The highest BCUT2D eigenvalue weighted by Crippen LogP contribution is 2.46. The maximum Gasteiger partial charge on any atom is 0.116 e. The van der Waals surface area contributed by atoms with Crippen molar-refractivity contribution >= 4 is 21.5 Å². The summed E-state index contributed by atoms with van der Waals surface area (Å²) < 4.78 is 6.41. The molecule has 0 saturated carbocycles. The standard InChI is InChI=1S/C27H29NO2.C24H25NO2/c1-18(17-28)23-12-7-15-30-27(23)26(20-8-4-3-5-9-20)19(2)24-11-6-10-21-16-22(29)13-14-25(21)24;1-16(14-25)23(15-26)24(18-7-4-3-5-8-18)17(2)21-10-6-9-19-13-20(27)11-12-22(19)21/h3-6,8-11,13-14,16,18-19,23,26-27,29H,7,12,15H2,1-2H3;3-13,16-17,23-24,26-27H,15H2,1-2H3. The van der Waals surface area contributed by atoms with Crippen molar-refractivity contribution in [2.24, 2.45) is 23.7 Å². The van der Waals surface area contributed by atoms with Gasteiger partial charge in [-0.25, -0.2) is 0 Å². The molecule has 57 heavy (non-hydrogen) atoms. The van der Waals surface area contributed by atoms with Crippen LogP contribution >= 0.6 is 0 Å². The number of hydrogen-bond donors (Lipinski definition) is 3. The lowest BCUT2D eigenvalue weighted by Crippen LogP contribution is -2.39. The van der Waals surface area contributed by atoms with E-state index in [0.717, 1.165) is 52.1 Å². The molecule has 1 aliphatic rings. The predicted molar refractivity (Wildman–Crippen MR) is 229 cm³/mol. The van der Waals surface area contributed by atoms with E-state index in [1.54, 1.807) is 18.2 Å². The average molecular weight is 759 g/mol. The molecule has 292 valence electrons. The van der Waals surface area contributed by atoms with Crippen molar-refractivity contribution < 1.29 is 20.1 Å². The van der Waals surface area contributed by atoms with E-state index >= 15 is 0 Å². The minimum atomic E-state index is -0.262. The third-order valence-electron chi connectivity index (χ3n) is 12.4. The second-order valence-electron chi connectivity index (χ2n) is 15.8. The minimum Gasteiger partial charge on any atom is -0.508 e. The second kappa shape index (κ2) is 19.0. The number of hydrogen-bond acceptors (Lipinski definition) is 6. The Bertz CT molecular complexity index is 2310. The average Bonchev–Trinajstić information content (AvgIpc) is 3.25. The molecule has 6 aromatic rings. The minimum absolute atomic E-state index is 0.00169. The molecule has 1 saturated heterocycles. The van der Waals surface area contributed by atoms with Crippen LogP contribution in [0.1, 0.15) is 86.5 Å². The van der Waals surface area contributed by atoms with Crippen LogP contribution in [-0.2, 0) is 4.74 Å². The highest BCUT2D eigenvalue weighted by molar-refractivity contribution is 5.88. The summed E-state index contributed by atoms with van der Waals surface area (Å²) in [5.74, 6) is 0.710. The maximum atomic E-state index is 10.1. The zero-order chi connectivity index (χ0) is 40.5. The van der Waals surface area contributed by atoms with Gasteiger partial charge in [0.25, 0.3) is 0 Å². The molecular formula is C51H54N2O4. The van der Waals surface area contributed by atoms with E-state index in [0.29, 0.717) is 0 Å².